The molecule has 0 radical (unpaired) electrons. The van der Waals surface area contributed by atoms with Crippen LogP contribution in [0.15, 0.2) is 0 Å². The van der Waals surface area contributed by atoms with E-state index in [0.29, 0.717) is 158 Å². The third-order valence-corrected chi connectivity index (χ3v) is 6.11. The van der Waals surface area contributed by atoms with Gasteiger partial charge >= 0.3 is 12.1 Å². The molecule has 16 nitrogen and oxygen atoms in total. The van der Waals surface area contributed by atoms with Crippen molar-refractivity contribution < 1.29 is 71.2 Å². The maximum Gasteiger partial charge on any atom is 0.407 e. The Hall–Kier alpha value is -1.70. The third-order valence-electron chi connectivity index (χ3n) is 6.11. The maximum absolute atomic E-state index is 11.5. The second-order valence-corrected chi connectivity index (χ2v) is 11.8. The first-order valence-electron chi connectivity index (χ1n) is 18.3. The van der Waals surface area contributed by atoms with Gasteiger partial charge < -0.3 is 66.9 Å². The largest absolute Gasteiger partial charge is 0.463 e. The number of carbonyl (C=O) groups excluding carboxylic acids is 2. The van der Waals surface area contributed by atoms with Gasteiger partial charge in [0, 0.05) is 13.0 Å². The van der Waals surface area contributed by atoms with Gasteiger partial charge in [0.1, 0.15) is 12.2 Å². The molecule has 0 aromatic heterocycles. The molecule has 51 heavy (non-hydrogen) atoms. The molecule has 0 aromatic carbocycles. The first-order chi connectivity index (χ1) is 24.8. The molecule has 0 heterocycles. The number of hydrogen-bond donors (Lipinski definition) is 1. The molecule has 0 saturated heterocycles. The van der Waals surface area contributed by atoms with Crippen molar-refractivity contribution in [1.82, 2.24) is 5.32 Å². The number of alkyl carbamates (subject to hydrolysis) is 1. The van der Waals surface area contributed by atoms with Crippen LogP contribution in [0.2, 0.25) is 0 Å². The standard InChI is InChI=1S/C35H69NO15/c1-5-6-7-8-33(37)50-32-31-49-30-29-48-28-27-47-26-25-46-24-23-45-22-21-44-20-19-43-18-17-42-16-15-41-14-13-40-12-11-39-10-9-36-34(38)51-35(2,3)4/h5-32H2,1-4H3,(H,36,38). The van der Waals surface area contributed by atoms with Crippen LogP contribution in [0.5, 0.6) is 0 Å². The number of hydrogen-bond acceptors (Lipinski definition) is 15. The van der Waals surface area contributed by atoms with E-state index in [0.717, 1.165) is 19.3 Å². The molecule has 0 fully saturated rings. The van der Waals surface area contributed by atoms with Gasteiger partial charge in [0.05, 0.1) is 145 Å². The van der Waals surface area contributed by atoms with Crippen LogP contribution in [-0.4, -0.2) is 176 Å². The quantitative estimate of drug-likeness (QED) is 0.0719. The summed E-state index contributed by atoms with van der Waals surface area (Å²) in [5.41, 5.74) is -0.515. The normalized spacial score (nSPS) is 11.6. The summed E-state index contributed by atoms with van der Waals surface area (Å²) in [5.74, 6) is -0.164. The molecule has 0 aliphatic carbocycles. The highest BCUT2D eigenvalue weighted by Gasteiger charge is 2.15. The van der Waals surface area contributed by atoms with Gasteiger partial charge in [0.15, 0.2) is 0 Å². The predicted molar refractivity (Wildman–Crippen MR) is 188 cm³/mol. The summed E-state index contributed by atoms with van der Waals surface area (Å²) in [6, 6.07) is 0. The molecule has 0 aromatic rings. The number of unbranched alkanes of at least 4 members (excludes halogenated alkanes) is 2. The number of ether oxygens (including phenoxy) is 13. The second kappa shape index (κ2) is 39.5. The smallest absolute Gasteiger partial charge is 0.407 e. The molecule has 16 heteroatoms. The zero-order valence-corrected chi connectivity index (χ0v) is 31.9. The maximum atomic E-state index is 11.5. The Balaban J connectivity index is 3.12. The molecule has 1 amide bonds. The highest BCUT2D eigenvalue weighted by atomic mass is 16.6. The van der Waals surface area contributed by atoms with E-state index >= 15 is 0 Å². The van der Waals surface area contributed by atoms with Gasteiger partial charge in [-0.3, -0.25) is 4.79 Å². The molecule has 304 valence electrons. The Morgan fingerprint density at radius 3 is 1.02 bits per heavy atom. The SMILES string of the molecule is CCCCCC(=O)OCCOCCOCCOCCOCCOCCOCCOCCOCCOCCOCCOCCNC(=O)OC(C)(C)C. The average molecular weight is 744 g/mol. The predicted octanol–water partition coefficient (Wildman–Crippen LogP) is 2.82. The summed E-state index contributed by atoms with van der Waals surface area (Å²) in [4.78, 5) is 23.0. The molecule has 0 unspecified atom stereocenters. The molecule has 0 rings (SSSR count). The number of rotatable bonds is 40. The molecular weight excluding hydrogens is 674 g/mol. The van der Waals surface area contributed by atoms with Crippen LogP contribution in [0.1, 0.15) is 53.4 Å². The van der Waals surface area contributed by atoms with E-state index in [4.69, 9.17) is 61.6 Å². The molecule has 0 atom stereocenters. The summed E-state index contributed by atoms with van der Waals surface area (Å²) in [6.07, 6.45) is 3.02. The molecular formula is C35H69NO15. The Morgan fingerprint density at radius 2 is 0.725 bits per heavy atom. The fraction of sp³-hybridized carbons (Fsp3) is 0.943. The summed E-state index contributed by atoms with van der Waals surface area (Å²) in [6.45, 7) is 18.5. The molecule has 0 aliphatic rings. The zero-order valence-electron chi connectivity index (χ0n) is 31.9. The lowest BCUT2D eigenvalue weighted by atomic mass is 10.2. The number of esters is 1. The van der Waals surface area contributed by atoms with Crippen LogP contribution >= 0.6 is 0 Å². The number of nitrogens with one attached hydrogen (secondary N) is 1. The van der Waals surface area contributed by atoms with Gasteiger partial charge in [-0.1, -0.05) is 19.8 Å². The minimum Gasteiger partial charge on any atom is -0.463 e. The van der Waals surface area contributed by atoms with Gasteiger partial charge in [0.25, 0.3) is 0 Å². The number of carbonyl (C=O) groups is 2. The van der Waals surface area contributed by atoms with E-state index in [1.165, 1.54) is 0 Å². The van der Waals surface area contributed by atoms with Gasteiger partial charge in [0.2, 0.25) is 0 Å². The highest BCUT2D eigenvalue weighted by molar-refractivity contribution is 5.69. The van der Waals surface area contributed by atoms with Crippen molar-refractivity contribution in [2.75, 3.05) is 159 Å². The van der Waals surface area contributed by atoms with E-state index in [2.05, 4.69) is 12.2 Å². The van der Waals surface area contributed by atoms with Crippen molar-refractivity contribution in [2.45, 2.75) is 59.0 Å². The van der Waals surface area contributed by atoms with E-state index < -0.39 is 11.7 Å². The number of amides is 1. The van der Waals surface area contributed by atoms with Crippen molar-refractivity contribution in [3.63, 3.8) is 0 Å². The Bertz CT molecular complexity index is 742. The minimum atomic E-state index is -0.515. The molecule has 1 N–H and O–H groups in total. The monoisotopic (exact) mass is 743 g/mol. The van der Waals surface area contributed by atoms with Crippen molar-refractivity contribution in [1.29, 1.82) is 0 Å². The van der Waals surface area contributed by atoms with Crippen LogP contribution in [0, 0.1) is 0 Å². The summed E-state index contributed by atoms with van der Waals surface area (Å²) < 4.78 is 70.2. The zero-order chi connectivity index (χ0) is 37.4. The van der Waals surface area contributed by atoms with Crippen molar-refractivity contribution >= 4 is 12.1 Å². The van der Waals surface area contributed by atoms with Crippen LogP contribution < -0.4 is 5.32 Å². The highest BCUT2D eigenvalue weighted by Crippen LogP contribution is 2.06. The Kier molecular flexibility index (Phi) is 38.2. The van der Waals surface area contributed by atoms with Crippen LogP contribution in [0.25, 0.3) is 0 Å². The summed E-state index contributed by atoms with van der Waals surface area (Å²) >= 11 is 0. The molecule has 0 bridgehead atoms. The van der Waals surface area contributed by atoms with Crippen LogP contribution in [-0.2, 0) is 66.4 Å². The van der Waals surface area contributed by atoms with Crippen molar-refractivity contribution in [2.24, 2.45) is 0 Å². The first-order valence-corrected chi connectivity index (χ1v) is 18.3. The average Bonchev–Trinajstić information content (AvgIpc) is 3.09. The van der Waals surface area contributed by atoms with Crippen LogP contribution in [0.4, 0.5) is 4.79 Å². The Morgan fingerprint density at radius 1 is 0.431 bits per heavy atom. The van der Waals surface area contributed by atoms with Crippen LogP contribution in [0.3, 0.4) is 0 Å². The molecule has 0 spiro atoms. The Labute approximate surface area is 305 Å². The summed E-state index contributed by atoms with van der Waals surface area (Å²) in [7, 11) is 0. The summed E-state index contributed by atoms with van der Waals surface area (Å²) in [5, 5.41) is 2.63. The van der Waals surface area contributed by atoms with Crippen molar-refractivity contribution in [3.05, 3.63) is 0 Å². The first kappa shape index (κ1) is 49.3. The topological polar surface area (TPSA) is 166 Å². The lowest BCUT2D eigenvalue weighted by molar-refractivity contribution is -0.145. The van der Waals surface area contributed by atoms with E-state index in [-0.39, 0.29) is 12.6 Å². The van der Waals surface area contributed by atoms with Gasteiger partial charge in [-0.15, -0.1) is 0 Å². The second-order valence-electron chi connectivity index (χ2n) is 11.8. The van der Waals surface area contributed by atoms with E-state index in [9.17, 15) is 9.59 Å². The fourth-order valence-corrected chi connectivity index (χ4v) is 3.65. The minimum absolute atomic E-state index is 0.164. The lowest BCUT2D eigenvalue weighted by Crippen LogP contribution is -2.34. The van der Waals surface area contributed by atoms with E-state index in [1.807, 2.05) is 20.8 Å². The van der Waals surface area contributed by atoms with Gasteiger partial charge in [-0.25, -0.2) is 4.79 Å². The fourth-order valence-electron chi connectivity index (χ4n) is 3.65. The van der Waals surface area contributed by atoms with Crippen molar-refractivity contribution in [3.8, 4) is 0 Å². The van der Waals surface area contributed by atoms with E-state index in [1.54, 1.807) is 0 Å². The van der Waals surface area contributed by atoms with Gasteiger partial charge in [-0.2, -0.15) is 0 Å². The lowest BCUT2D eigenvalue weighted by Gasteiger charge is -2.19. The van der Waals surface area contributed by atoms with Gasteiger partial charge in [-0.05, 0) is 27.2 Å². The molecule has 0 aliphatic heterocycles. The molecule has 0 saturated carbocycles. The third kappa shape index (κ3) is 44.4.